The molecule has 2 amide bonds. The third-order valence-electron chi connectivity index (χ3n) is 3.84. The third kappa shape index (κ3) is 4.19. The van der Waals surface area contributed by atoms with Crippen molar-refractivity contribution in [3.8, 4) is 0 Å². The van der Waals surface area contributed by atoms with Gasteiger partial charge in [0.15, 0.2) is 6.10 Å². The number of amides is 2. The number of carbonyl (C=O) groups is 3. The fourth-order valence-electron chi connectivity index (χ4n) is 2.43. The molecule has 0 saturated carbocycles. The molecule has 1 aromatic carbocycles. The molecule has 8 heteroatoms. The Balaban J connectivity index is 1.95. The summed E-state index contributed by atoms with van der Waals surface area (Å²) in [6.45, 7) is 4.78. The molecule has 1 atom stereocenters. The Kier molecular flexibility index (Phi) is 6.07. The zero-order chi connectivity index (χ0) is 17.9. The summed E-state index contributed by atoms with van der Waals surface area (Å²) >= 11 is 11.9. The molecule has 130 valence electrons. The second-order valence-corrected chi connectivity index (χ2v) is 6.27. The molecular weight excluding hydrogens is 355 g/mol. The van der Waals surface area contributed by atoms with Crippen molar-refractivity contribution in [3.05, 3.63) is 33.8 Å². The number of carbonyl (C=O) groups excluding carboxylic acids is 3. The third-order valence-corrected chi connectivity index (χ3v) is 4.66. The molecule has 0 bridgehead atoms. The average molecular weight is 373 g/mol. The quantitative estimate of drug-likeness (QED) is 0.763. The van der Waals surface area contributed by atoms with Gasteiger partial charge in [0, 0.05) is 33.1 Å². The second-order valence-electron chi connectivity index (χ2n) is 5.48. The topological polar surface area (TPSA) is 66.9 Å². The molecule has 0 unspecified atom stereocenters. The minimum Gasteiger partial charge on any atom is -0.449 e. The van der Waals surface area contributed by atoms with Crippen LogP contribution in [-0.2, 0) is 14.3 Å². The molecule has 1 aliphatic heterocycles. The molecule has 1 aromatic rings. The largest absolute Gasteiger partial charge is 0.449 e. The van der Waals surface area contributed by atoms with Gasteiger partial charge in [-0.15, -0.1) is 0 Å². The number of hydrogen-bond donors (Lipinski definition) is 0. The molecule has 1 aliphatic rings. The predicted octanol–water partition coefficient (Wildman–Crippen LogP) is 2.23. The van der Waals surface area contributed by atoms with Crippen LogP contribution in [0.25, 0.3) is 0 Å². The zero-order valence-electron chi connectivity index (χ0n) is 13.4. The Morgan fingerprint density at radius 1 is 1.08 bits per heavy atom. The van der Waals surface area contributed by atoms with Gasteiger partial charge in [-0.2, -0.15) is 0 Å². The fraction of sp³-hybridized carbons (Fsp3) is 0.438. The minimum absolute atomic E-state index is 0.0165. The maximum atomic E-state index is 12.4. The van der Waals surface area contributed by atoms with Gasteiger partial charge in [-0.1, -0.05) is 29.3 Å². The molecule has 0 N–H and O–H groups in total. The number of halogens is 2. The number of esters is 1. The molecule has 6 nitrogen and oxygen atoms in total. The first-order valence-electron chi connectivity index (χ1n) is 7.50. The zero-order valence-corrected chi connectivity index (χ0v) is 14.9. The van der Waals surface area contributed by atoms with Crippen LogP contribution in [0.5, 0.6) is 0 Å². The lowest BCUT2D eigenvalue weighted by Gasteiger charge is -2.35. The summed E-state index contributed by atoms with van der Waals surface area (Å²) in [6.07, 6.45) is -0.948. The number of nitrogens with zero attached hydrogens (tertiary/aromatic N) is 2. The lowest BCUT2D eigenvalue weighted by Crippen LogP contribution is -2.52. The lowest BCUT2D eigenvalue weighted by atomic mass is 10.2. The van der Waals surface area contributed by atoms with Crippen molar-refractivity contribution in [2.24, 2.45) is 0 Å². The Hall–Kier alpha value is -1.79. The Morgan fingerprint density at radius 3 is 2.25 bits per heavy atom. The van der Waals surface area contributed by atoms with E-state index in [1.807, 2.05) is 0 Å². The van der Waals surface area contributed by atoms with Crippen molar-refractivity contribution in [1.29, 1.82) is 0 Å². The summed E-state index contributed by atoms with van der Waals surface area (Å²) in [5.41, 5.74) is 0.116. The lowest BCUT2D eigenvalue weighted by molar-refractivity contribution is -0.144. The second kappa shape index (κ2) is 7.85. The van der Waals surface area contributed by atoms with E-state index in [4.69, 9.17) is 27.9 Å². The van der Waals surface area contributed by atoms with Gasteiger partial charge in [-0.05, 0) is 19.1 Å². The molecule has 24 heavy (non-hydrogen) atoms. The van der Waals surface area contributed by atoms with Crippen LogP contribution in [-0.4, -0.2) is 59.9 Å². The van der Waals surface area contributed by atoms with E-state index in [2.05, 4.69) is 0 Å². The fourth-order valence-corrected chi connectivity index (χ4v) is 2.81. The van der Waals surface area contributed by atoms with Gasteiger partial charge in [0.25, 0.3) is 5.91 Å². The van der Waals surface area contributed by atoms with Gasteiger partial charge in [-0.25, -0.2) is 4.79 Å². The highest BCUT2D eigenvalue weighted by Gasteiger charge is 2.28. The minimum atomic E-state index is -0.948. The first-order chi connectivity index (χ1) is 11.3. The van der Waals surface area contributed by atoms with Crippen LogP contribution < -0.4 is 0 Å². The van der Waals surface area contributed by atoms with E-state index in [1.165, 1.54) is 19.9 Å². The maximum absolute atomic E-state index is 12.4. The van der Waals surface area contributed by atoms with Gasteiger partial charge in [0.2, 0.25) is 5.91 Å². The van der Waals surface area contributed by atoms with E-state index in [9.17, 15) is 14.4 Å². The normalized spacial score (nSPS) is 15.8. The molecule has 1 heterocycles. The smallest absolute Gasteiger partial charge is 0.340 e. The summed E-state index contributed by atoms with van der Waals surface area (Å²) < 4.78 is 5.21. The van der Waals surface area contributed by atoms with E-state index in [-0.39, 0.29) is 27.4 Å². The molecule has 0 spiro atoms. The summed E-state index contributed by atoms with van der Waals surface area (Å²) in [5.74, 6) is -1.02. The predicted molar refractivity (Wildman–Crippen MR) is 90.2 cm³/mol. The van der Waals surface area contributed by atoms with Crippen LogP contribution in [0.4, 0.5) is 0 Å². The highest BCUT2D eigenvalue weighted by atomic mass is 35.5. The van der Waals surface area contributed by atoms with Crippen LogP contribution in [0.3, 0.4) is 0 Å². The first kappa shape index (κ1) is 18.5. The van der Waals surface area contributed by atoms with Crippen molar-refractivity contribution in [2.45, 2.75) is 20.0 Å². The molecule has 1 fully saturated rings. The molecule has 1 saturated heterocycles. The molecule has 0 radical (unpaired) electrons. The van der Waals surface area contributed by atoms with Crippen molar-refractivity contribution in [1.82, 2.24) is 9.80 Å². The molecular formula is C16H18Cl2N2O4. The van der Waals surface area contributed by atoms with Gasteiger partial charge in [0.05, 0.1) is 15.6 Å². The Labute approximate surface area is 150 Å². The van der Waals surface area contributed by atoms with Gasteiger partial charge in [-0.3, -0.25) is 9.59 Å². The highest BCUT2D eigenvalue weighted by Crippen LogP contribution is 2.26. The van der Waals surface area contributed by atoms with Crippen LogP contribution in [0.2, 0.25) is 10.0 Å². The summed E-state index contributed by atoms with van der Waals surface area (Å²) in [5, 5.41) is 0.337. The monoisotopic (exact) mass is 372 g/mol. The van der Waals surface area contributed by atoms with Crippen LogP contribution >= 0.6 is 23.2 Å². The number of hydrogen-bond acceptors (Lipinski definition) is 4. The molecule has 0 aromatic heterocycles. The summed E-state index contributed by atoms with van der Waals surface area (Å²) in [7, 11) is 0. The van der Waals surface area contributed by atoms with E-state index < -0.39 is 12.1 Å². The number of rotatable bonds is 3. The Morgan fingerprint density at radius 2 is 1.67 bits per heavy atom. The number of benzene rings is 1. The average Bonchev–Trinajstić information content (AvgIpc) is 2.56. The summed E-state index contributed by atoms with van der Waals surface area (Å²) in [6, 6.07) is 4.63. The standard InChI is InChI=1S/C16H18Cl2N2O4/c1-10(15(22)20-8-6-19(7-9-20)11(2)21)24-16(23)12-4-3-5-13(17)14(12)18/h3-5,10H,6-9H2,1-2H3/t10-/m0/s1. The van der Waals surface area contributed by atoms with Crippen molar-refractivity contribution in [3.63, 3.8) is 0 Å². The number of ether oxygens (including phenoxy) is 1. The van der Waals surface area contributed by atoms with E-state index >= 15 is 0 Å². The van der Waals surface area contributed by atoms with Gasteiger partial charge >= 0.3 is 5.97 Å². The van der Waals surface area contributed by atoms with Gasteiger partial charge < -0.3 is 14.5 Å². The van der Waals surface area contributed by atoms with E-state index in [0.29, 0.717) is 26.2 Å². The SMILES string of the molecule is CC(=O)N1CCN(C(=O)[C@H](C)OC(=O)c2cccc(Cl)c2Cl)CC1. The molecule has 0 aliphatic carbocycles. The number of piperazine rings is 1. The Bertz CT molecular complexity index is 657. The van der Waals surface area contributed by atoms with E-state index in [1.54, 1.807) is 21.9 Å². The van der Waals surface area contributed by atoms with Crippen LogP contribution in [0.1, 0.15) is 24.2 Å². The maximum Gasteiger partial charge on any atom is 0.340 e. The van der Waals surface area contributed by atoms with Gasteiger partial charge in [0.1, 0.15) is 0 Å². The highest BCUT2D eigenvalue weighted by molar-refractivity contribution is 6.43. The molecule has 2 rings (SSSR count). The van der Waals surface area contributed by atoms with E-state index in [0.717, 1.165) is 0 Å². The van der Waals surface area contributed by atoms with Crippen molar-refractivity contribution in [2.75, 3.05) is 26.2 Å². The van der Waals surface area contributed by atoms with Crippen molar-refractivity contribution < 1.29 is 19.1 Å². The first-order valence-corrected chi connectivity index (χ1v) is 8.26. The summed E-state index contributed by atoms with van der Waals surface area (Å²) in [4.78, 5) is 39.1. The van der Waals surface area contributed by atoms with Crippen molar-refractivity contribution >= 4 is 41.0 Å². The van der Waals surface area contributed by atoms with Crippen LogP contribution in [0.15, 0.2) is 18.2 Å². The van der Waals surface area contributed by atoms with Crippen LogP contribution in [0, 0.1) is 0 Å².